The molecule has 1 heterocycles. The van der Waals surface area contributed by atoms with Gasteiger partial charge >= 0.3 is 6.18 Å². The highest BCUT2D eigenvalue weighted by atomic mass is 35.5. The minimum atomic E-state index is -4.15. The van der Waals surface area contributed by atoms with E-state index in [2.05, 4.69) is 10.2 Å². The lowest BCUT2D eigenvalue weighted by Crippen LogP contribution is -2.45. The summed E-state index contributed by atoms with van der Waals surface area (Å²) in [6.07, 6.45) is -4.92. The molecule has 0 amide bonds. The largest absolute Gasteiger partial charge is 0.389 e. The monoisotopic (exact) mass is 376 g/mol. The molecule has 8 heteroatoms. The van der Waals surface area contributed by atoms with Crippen molar-refractivity contribution >= 4 is 35.6 Å². The number of piperazine rings is 1. The van der Waals surface area contributed by atoms with Crippen LogP contribution < -0.4 is 5.32 Å². The van der Waals surface area contributed by atoms with Gasteiger partial charge < -0.3 is 5.32 Å². The maximum atomic E-state index is 12.6. The number of nitrogens with zero attached hydrogens (tertiary/aromatic N) is 1. The lowest BCUT2D eigenvalue weighted by atomic mass is 9.99. The van der Waals surface area contributed by atoms with Gasteiger partial charge in [0.25, 0.3) is 0 Å². The van der Waals surface area contributed by atoms with Crippen molar-refractivity contribution in [1.29, 1.82) is 0 Å². The van der Waals surface area contributed by atoms with Gasteiger partial charge in [-0.15, -0.1) is 12.4 Å². The maximum absolute atomic E-state index is 12.6. The van der Waals surface area contributed by atoms with Gasteiger partial charge in [-0.3, -0.25) is 4.90 Å². The summed E-state index contributed by atoms with van der Waals surface area (Å²) < 4.78 is 37.7. The Balaban J connectivity index is 0.00000242. The summed E-state index contributed by atoms with van der Waals surface area (Å²) >= 11 is 11.9. The molecule has 0 bridgehead atoms. The molecule has 1 aromatic rings. The fourth-order valence-corrected chi connectivity index (χ4v) is 2.88. The van der Waals surface area contributed by atoms with Gasteiger partial charge in [-0.1, -0.05) is 29.3 Å². The summed E-state index contributed by atoms with van der Waals surface area (Å²) in [5.41, 5.74) is 0.788. The molecule has 2 rings (SSSR count). The third-order valence-electron chi connectivity index (χ3n) is 3.62. The second kappa shape index (κ2) is 8.60. The van der Waals surface area contributed by atoms with E-state index in [1.165, 1.54) is 0 Å². The fourth-order valence-electron chi connectivity index (χ4n) is 2.57. The molecule has 2 nitrogen and oxygen atoms in total. The molecule has 0 unspecified atom stereocenters. The molecule has 0 spiro atoms. The first-order chi connectivity index (χ1) is 9.87. The molecule has 1 N–H and O–H groups in total. The molecular formula is C14H18Cl3F3N2. The van der Waals surface area contributed by atoms with Crippen molar-refractivity contribution in [2.45, 2.75) is 25.1 Å². The first kappa shape index (κ1) is 19.8. The molecule has 1 fully saturated rings. The Labute approximate surface area is 144 Å². The van der Waals surface area contributed by atoms with Crippen LogP contribution in [0.4, 0.5) is 13.2 Å². The smallest absolute Gasteiger partial charge is 0.314 e. The van der Waals surface area contributed by atoms with E-state index in [4.69, 9.17) is 23.2 Å². The molecule has 0 aromatic heterocycles. The Morgan fingerprint density at radius 1 is 1.14 bits per heavy atom. The van der Waals surface area contributed by atoms with Crippen LogP contribution >= 0.6 is 35.6 Å². The van der Waals surface area contributed by atoms with Gasteiger partial charge in [0.15, 0.2) is 0 Å². The quantitative estimate of drug-likeness (QED) is 0.818. The van der Waals surface area contributed by atoms with Crippen LogP contribution in [-0.4, -0.2) is 37.3 Å². The number of nitrogens with one attached hydrogen (secondary N) is 1. The number of rotatable bonds is 4. The van der Waals surface area contributed by atoms with Gasteiger partial charge in [0.1, 0.15) is 0 Å². The van der Waals surface area contributed by atoms with E-state index in [-0.39, 0.29) is 24.9 Å². The van der Waals surface area contributed by atoms with Crippen molar-refractivity contribution in [3.63, 3.8) is 0 Å². The van der Waals surface area contributed by atoms with E-state index in [0.29, 0.717) is 10.0 Å². The van der Waals surface area contributed by atoms with Gasteiger partial charge in [-0.25, -0.2) is 0 Å². The van der Waals surface area contributed by atoms with Gasteiger partial charge in [0.2, 0.25) is 0 Å². The SMILES string of the molecule is Cl.FC(F)(F)CC[C@H](c1ccc(Cl)c(Cl)c1)N1CCNCC1. The maximum Gasteiger partial charge on any atom is 0.389 e. The highest BCUT2D eigenvalue weighted by Crippen LogP contribution is 2.34. The Kier molecular flexibility index (Phi) is 7.75. The average Bonchev–Trinajstić information content (AvgIpc) is 2.43. The normalized spacial score (nSPS) is 17.9. The number of halogens is 6. The van der Waals surface area contributed by atoms with Crippen LogP contribution in [0, 0.1) is 0 Å². The third-order valence-corrected chi connectivity index (χ3v) is 4.36. The van der Waals surface area contributed by atoms with Gasteiger partial charge in [-0.2, -0.15) is 13.2 Å². The third kappa shape index (κ3) is 5.78. The van der Waals surface area contributed by atoms with Gasteiger partial charge in [0, 0.05) is 38.6 Å². The zero-order valence-corrected chi connectivity index (χ0v) is 14.1. The number of hydrogen-bond acceptors (Lipinski definition) is 2. The van der Waals surface area contributed by atoms with Crippen molar-refractivity contribution in [3.8, 4) is 0 Å². The molecule has 1 aromatic carbocycles. The molecule has 126 valence electrons. The summed E-state index contributed by atoms with van der Waals surface area (Å²) in [6, 6.07) is 4.79. The zero-order valence-electron chi connectivity index (χ0n) is 11.8. The Morgan fingerprint density at radius 3 is 2.32 bits per heavy atom. The van der Waals surface area contributed by atoms with Crippen LogP contribution in [0.5, 0.6) is 0 Å². The summed E-state index contributed by atoms with van der Waals surface area (Å²) in [5, 5.41) is 3.99. The molecular weight excluding hydrogens is 360 g/mol. The lowest BCUT2D eigenvalue weighted by Gasteiger charge is -2.35. The molecule has 1 saturated heterocycles. The minimum Gasteiger partial charge on any atom is -0.314 e. The van der Waals surface area contributed by atoms with Gasteiger partial charge in [-0.05, 0) is 24.1 Å². The second-order valence-corrected chi connectivity index (χ2v) is 5.94. The van der Waals surface area contributed by atoms with E-state index >= 15 is 0 Å². The number of benzene rings is 1. The van der Waals surface area contributed by atoms with Crippen molar-refractivity contribution in [3.05, 3.63) is 33.8 Å². The second-order valence-electron chi connectivity index (χ2n) is 5.13. The molecule has 0 aliphatic carbocycles. The fraction of sp³-hybridized carbons (Fsp3) is 0.571. The molecule has 1 atom stereocenters. The number of hydrogen-bond donors (Lipinski definition) is 1. The lowest BCUT2D eigenvalue weighted by molar-refractivity contribution is -0.138. The molecule has 0 radical (unpaired) electrons. The van der Waals surface area contributed by atoms with Crippen molar-refractivity contribution < 1.29 is 13.2 Å². The Morgan fingerprint density at radius 2 is 1.77 bits per heavy atom. The first-order valence-electron chi connectivity index (χ1n) is 6.83. The van der Waals surface area contributed by atoms with E-state index in [0.717, 1.165) is 31.7 Å². The first-order valence-corrected chi connectivity index (χ1v) is 7.59. The van der Waals surface area contributed by atoms with Gasteiger partial charge in [0.05, 0.1) is 10.0 Å². The Bertz CT molecular complexity index is 477. The predicted molar refractivity (Wildman–Crippen MR) is 86.2 cm³/mol. The average molecular weight is 378 g/mol. The van der Waals surface area contributed by atoms with Crippen LogP contribution in [0.25, 0.3) is 0 Å². The molecule has 0 saturated carbocycles. The Hall–Kier alpha value is -0.200. The van der Waals surface area contributed by atoms with Crippen molar-refractivity contribution in [2.24, 2.45) is 0 Å². The van der Waals surface area contributed by atoms with Crippen molar-refractivity contribution in [2.75, 3.05) is 26.2 Å². The summed E-state index contributed by atoms with van der Waals surface area (Å²) in [4.78, 5) is 2.07. The predicted octanol–water partition coefficient (Wildman–Crippen LogP) is 4.70. The summed E-state index contributed by atoms with van der Waals surface area (Å²) in [5.74, 6) is 0. The topological polar surface area (TPSA) is 15.3 Å². The summed E-state index contributed by atoms with van der Waals surface area (Å²) in [6.45, 7) is 3.01. The van der Waals surface area contributed by atoms with Crippen LogP contribution in [-0.2, 0) is 0 Å². The van der Waals surface area contributed by atoms with Crippen LogP contribution in [0.15, 0.2) is 18.2 Å². The number of alkyl halides is 3. The van der Waals surface area contributed by atoms with E-state index in [1.807, 2.05) is 0 Å². The molecule has 22 heavy (non-hydrogen) atoms. The highest BCUT2D eigenvalue weighted by Gasteiger charge is 2.31. The summed E-state index contributed by atoms with van der Waals surface area (Å²) in [7, 11) is 0. The van der Waals surface area contributed by atoms with Crippen LogP contribution in [0.2, 0.25) is 10.0 Å². The van der Waals surface area contributed by atoms with Crippen LogP contribution in [0.1, 0.15) is 24.4 Å². The zero-order chi connectivity index (χ0) is 15.5. The van der Waals surface area contributed by atoms with Crippen molar-refractivity contribution in [1.82, 2.24) is 10.2 Å². The van der Waals surface area contributed by atoms with E-state index in [9.17, 15) is 13.2 Å². The molecule has 1 aliphatic rings. The van der Waals surface area contributed by atoms with E-state index < -0.39 is 12.6 Å². The van der Waals surface area contributed by atoms with Crippen LogP contribution in [0.3, 0.4) is 0 Å². The highest BCUT2D eigenvalue weighted by molar-refractivity contribution is 6.42. The standard InChI is InChI=1S/C14H17Cl2F3N2.ClH/c15-11-2-1-10(9-12(11)16)13(3-4-14(17,18)19)21-7-5-20-6-8-21;/h1-2,9,13,20H,3-8H2;1H/t13-;/m1./s1. The molecule has 1 aliphatic heterocycles. The van der Waals surface area contributed by atoms with E-state index in [1.54, 1.807) is 18.2 Å². The minimum absolute atomic E-state index is 0.